The molecule has 0 aliphatic carbocycles. The van der Waals surface area contributed by atoms with Crippen LogP contribution in [-0.2, 0) is 18.0 Å². The van der Waals surface area contributed by atoms with Gasteiger partial charge in [0.1, 0.15) is 5.82 Å². The quantitative estimate of drug-likeness (QED) is 0.779. The van der Waals surface area contributed by atoms with E-state index in [9.17, 15) is 4.79 Å². The zero-order valence-electron chi connectivity index (χ0n) is 15.8. The van der Waals surface area contributed by atoms with E-state index in [0.717, 1.165) is 11.1 Å². The number of fused-ring (bicyclic) bond motifs is 1. The van der Waals surface area contributed by atoms with Crippen LogP contribution in [0.5, 0.6) is 0 Å². The molecule has 0 saturated carbocycles. The van der Waals surface area contributed by atoms with Gasteiger partial charge in [0.05, 0.1) is 5.54 Å². The van der Waals surface area contributed by atoms with Crippen molar-refractivity contribution >= 4 is 16.7 Å². The zero-order valence-corrected chi connectivity index (χ0v) is 15.8. The Morgan fingerprint density at radius 2 is 1.72 bits per heavy atom. The molecule has 1 aromatic carbocycles. The van der Waals surface area contributed by atoms with Crippen molar-refractivity contribution in [3.05, 3.63) is 58.3 Å². The lowest BCUT2D eigenvalue weighted by atomic mass is 9.92. The molecule has 0 amide bonds. The predicted octanol–water partition coefficient (Wildman–Crippen LogP) is 3.40. The number of nitrogens with two attached hydrogens (primary N) is 1. The Morgan fingerprint density at radius 3 is 2.32 bits per heavy atom. The molecule has 0 fully saturated rings. The van der Waals surface area contributed by atoms with Crippen LogP contribution in [0.15, 0.2) is 41.3 Å². The van der Waals surface area contributed by atoms with E-state index in [0.29, 0.717) is 0 Å². The smallest absolute Gasteiger partial charge is 0.350 e. The van der Waals surface area contributed by atoms with Gasteiger partial charge in [-0.05, 0) is 43.0 Å². The van der Waals surface area contributed by atoms with Gasteiger partial charge in [-0.1, -0.05) is 32.9 Å². The fourth-order valence-electron chi connectivity index (χ4n) is 3.41. The molecule has 0 atom stereocenters. The first kappa shape index (κ1) is 17.3. The monoisotopic (exact) mass is 338 g/mol. The zero-order chi connectivity index (χ0) is 18.6. The van der Waals surface area contributed by atoms with E-state index in [4.69, 9.17) is 5.73 Å². The molecule has 132 valence electrons. The molecule has 2 N–H and O–H groups in total. The van der Waals surface area contributed by atoms with Gasteiger partial charge in [-0.3, -0.25) is 4.57 Å². The summed E-state index contributed by atoms with van der Waals surface area (Å²) in [6.45, 7) is 10.7. The minimum absolute atomic E-state index is 0.0707. The van der Waals surface area contributed by atoms with E-state index in [1.165, 1.54) is 11.1 Å². The molecule has 3 aromatic rings. The van der Waals surface area contributed by atoms with Gasteiger partial charge in [-0.25, -0.2) is 4.79 Å². The van der Waals surface area contributed by atoms with Gasteiger partial charge in [0.25, 0.3) is 0 Å². The van der Waals surface area contributed by atoms with E-state index < -0.39 is 5.54 Å². The van der Waals surface area contributed by atoms with Crippen molar-refractivity contribution in [1.82, 2.24) is 14.1 Å². The van der Waals surface area contributed by atoms with Crippen molar-refractivity contribution in [3.8, 4) is 0 Å². The van der Waals surface area contributed by atoms with E-state index in [1.54, 1.807) is 16.8 Å². The molecule has 0 spiro atoms. The van der Waals surface area contributed by atoms with Crippen LogP contribution < -0.4 is 11.4 Å². The van der Waals surface area contributed by atoms with Crippen molar-refractivity contribution in [2.75, 3.05) is 5.73 Å². The standard InChI is InChI=1S/C20H26N4O/c1-19(2,3)16-11-13-7-8-14(12-15(13)23(16)6)20(4,5)24-10-9-17(21)22-18(24)25/h7-12H,1-6H3,(H2,21,22,25). The summed E-state index contributed by atoms with van der Waals surface area (Å²) in [7, 11) is 2.09. The average molecular weight is 338 g/mol. The van der Waals surface area contributed by atoms with Gasteiger partial charge >= 0.3 is 5.69 Å². The Balaban J connectivity index is 2.18. The van der Waals surface area contributed by atoms with Gasteiger partial charge < -0.3 is 10.3 Å². The minimum atomic E-state index is -0.530. The third-order valence-electron chi connectivity index (χ3n) is 4.95. The average Bonchev–Trinajstić information content (AvgIpc) is 2.83. The lowest BCUT2D eigenvalue weighted by Crippen LogP contribution is -2.38. The Morgan fingerprint density at radius 1 is 1.04 bits per heavy atom. The highest BCUT2D eigenvalue weighted by molar-refractivity contribution is 5.82. The fraction of sp³-hybridized carbons (Fsp3) is 0.400. The summed E-state index contributed by atoms with van der Waals surface area (Å²) in [4.78, 5) is 16.2. The summed E-state index contributed by atoms with van der Waals surface area (Å²) in [6.07, 6.45) is 1.71. The number of nitrogen functional groups attached to an aromatic ring is 1. The highest BCUT2D eigenvalue weighted by Gasteiger charge is 2.26. The molecule has 0 radical (unpaired) electrons. The molecule has 0 aliphatic rings. The Labute approximate surface area is 148 Å². The highest BCUT2D eigenvalue weighted by Crippen LogP contribution is 2.32. The summed E-state index contributed by atoms with van der Waals surface area (Å²) in [5, 5.41) is 1.20. The second-order valence-electron chi connectivity index (χ2n) is 8.18. The van der Waals surface area contributed by atoms with Crippen LogP contribution in [-0.4, -0.2) is 14.1 Å². The molecule has 0 aliphatic heterocycles. The third-order valence-corrected chi connectivity index (χ3v) is 4.95. The summed E-state index contributed by atoms with van der Waals surface area (Å²) >= 11 is 0. The lowest BCUT2D eigenvalue weighted by molar-refractivity contribution is 0.415. The molecular weight excluding hydrogens is 312 g/mol. The van der Waals surface area contributed by atoms with Crippen molar-refractivity contribution in [3.63, 3.8) is 0 Å². The first-order valence-corrected chi connectivity index (χ1v) is 8.48. The van der Waals surface area contributed by atoms with Crippen LogP contribution in [0.25, 0.3) is 10.9 Å². The first-order chi connectivity index (χ1) is 11.5. The van der Waals surface area contributed by atoms with E-state index in [2.05, 4.69) is 61.6 Å². The highest BCUT2D eigenvalue weighted by atomic mass is 16.1. The van der Waals surface area contributed by atoms with Gasteiger partial charge in [0.15, 0.2) is 0 Å². The van der Waals surface area contributed by atoms with E-state index >= 15 is 0 Å². The number of aryl methyl sites for hydroxylation is 1. The maximum Gasteiger partial charge on any atom is 0.350 e. The molecule has 25 heavy (non-hydrogen) atoms. The van der Waals surface area contributed by atoms with Gasteiger partial charge in [-0.15, -0.1) is 0 Å². The fourth-order valence-corrected chi connectivity index (χ4v) is 3.41. The first-order valence-electron chi connectivity index (χ1n) is 8.48. The largest absolute Gasteiger partial charge is 0.383 e. The van der Waals surface area contributed by atoms with Crippen molar-refractivity contribution in [1.29, 1.82) is 0 Å². The number of anilines is 1. The molecule has 2 heterocycles. The second kappa shape index (κ2) is 5.48. The van der Waals surface area contributed by atoms with E-state index in [-0.39, 0.29) is 16.9 Å². The predicted molar refractivity (Wildman–Crippen MR) is 103 cm³/mol. The SMILES string of the molecule is Cn1c(C(C)(C)C)cc2ccc(C(C)(C)n3ccc(N)nc3=O)cc21. The molecule has 2 aromatic heterocycles. The molecule has 5 nitrogen and oxygen atoms in total. The van der Waals surface area contributed by atoms with Crippen molar-refractivity contribution < 1.29 is 0 Å². The summed E-state index contributed by atoms with van der Waals surface area (Å²) in [5.74, 6) is 0.241. The van der Waals surface area contributed by atoms with E-state index in [1.807, 2.05) is 13.8 Å². The second-order valence-corrected chi connectivity index (χ2v) is 8.18. The minimum Gasteiger partial charge on any atom is -0.383 e. The van der Waals surface area contributed by atoms with Crippen LogP contribution in [0.2, 0.25) is 0 Å². The third kappa shape index (κ3) is 2.84. The molecule has 3 rings (SSSR count). The van der Waals surface area contributed by atoms with Crippen LogP contribution >= 0.6 is 0 Å². The summed E-state index contributed by atoms with van der Waals surface area (Å²) < 4.78 is 3.86. The Hall–Kier alpha value is -2.56. The number of benzene rings is 1. The number of nitrogens with zero attached hydrogens (tertiary/aromatic N) is 3. The topological polar surface area (TPSA) is 65.8 Å². The van der Waals surface area contributed by atoms with Crippen LogP contribution in [0, 0.1) is 0 Å². The number of rotatable bonds is 2. The molecule has 0 unspecified atom stereocenters. The van der Waals surface area contributed by atoms with Crippen molar-refractivity contribution in [2.45, 2.75) is 45.6 Å². The molecule has 0 bridgehead atoms. The van der Waals surface area contributed by atoms with Gasteiger partial charge in [-0.2, -0.15) is 4.98 Å². The van der Waals surface area contributed by atoms with Crippen LogP contribution in [0.3, 0.4) is 0 Å². The Kier molecular flexibility index (Phi) is 3.78. The number of hydrogen-bond donors (Lipinski definition) is 1. The number of hydrogen-bond acceptors (Lipinski definition) is 3. The summed E-state index contributed by atoms with van der Waals surface area (Å²) in [6, 6.07) is 10.3. The number of aromatic nitrogens is 3. The van der Waals surface area contributed by atoms with Gasteiger partial charge in [0.2, 0.25) is 0 Å². The molecule has 0 saturated heterocycles. The maximum absolute atomic E-state index is 12.3. The maximum atomic E-state index is 12.3. The molecule has 5 heteroatoms. The van der Waals surface area contributed by atoms with Crippen LogP contribution in [0.4, 0.5) is 5.82 Å². The van der Waals surface area contributed by atoms with Crippen molar-refractivity contribution in [2.24, 2.45) is 7.05 Å². The van der Waals surface area contributed by atoms with Crippen LogP contribution in [0.1, 0.15) is 45.9 Å². The Bertz CT molecular complexity index is 1000. The lowest BCUT2D eigenvalue weighted by Gasteiger charge is -2.28. The molecular formula is C20H26N4O. The van der Waals surface area contributed by atoms with Gasteiger partial charge in [0, 0.05) is 29.9 Å². The summed E-state index contributed by atoms with van der Waals surface area (Å²) in [5.41, 5.74) is 8.31. The normalized spacial score (nSPS) is 12.7.